The third-order valence-corrected chi connectivity index (χ3v) is 6.21. The number of hydrogen-bond donors (Lipinski definition) is 1. The van der Waals surface area contributed by atoms with Crippen LogP contribution in [0, 0.1) is 11.3 Å². The predicted molar refractivity (Wildman–Crippen MR) is 105 cm³/mol. The van der Waals surface area contributed by atoms with E-state index in [4.69, 9.17) is 0 Å². The van der Waals surface area contributed by atoms with E-state index in [9.17, 15) is 4.79 Å². The molecule has 1 N–H and O–H groups in total. The molecule has 0 aliphatic carbocycles. The molecule has 0 aromatic rings. The van der Waals surface area contributed by atoms with Gasteiger partial charge in [0.05, 0.1) is 5.41 Å². The molecule has 146 valence electrons. The smallest absolute Gasteiger partial charge is 0.227 e. The van der Waals surface area contributed by atoms with Crippen LogP contribution in [0.1, 0.15) is 47.5 Å². The number of carbonyl (C=O) groups is 1. The number of carbonyl (C=O) groups excluding carboxylic acids is 1. The number of rotatable bonds is 6. The van der Waals surface area contributed by atoms with Gasteiger partial charge in [-0.1, -0.05) is 13.8 Å². The van der Waals surface area contributed by atoms with Crippen molar-refractivity contribution < 1.29 is 4.79 Å². The number of nitrogens with one attached hydrogen (secondary N) is 1. The van der Waals surface area contributed by atoms with Gasteiger partial charge in [-0.2, -0.15) is 0 Å². The lowest BCUT2D eigenvalue weighted by Crippen LogP contribution is -2.58. The molecule has 1 unspecified atom stereocenters. The molecule has 0 aromatic heterocycles. The molecule has 2 rings (SSSR count). The normalized spacial score (nSPS) is 26.3. The van der Waals surface area contributed by atoms with Crippen molar-refractivity contribution in [2.75, 3.05) is 52.9 Å². The first-order valence-corrected chi connectivity index (χ1v) is 10.2. The molecule has 2 saturated heterocycles. The number of hydrogen-bond acceptors (Lipinski definition) is 4. The van der Waals surface area contributed by atoms with Crippen molar-refractivity contribution in [1.82, 2.24) is 20.0 Å². The van der Waals surface area contributed by atoms with Crippen LogP contribution in [0.4, 0.5) is 0 Å². The summed E-state index contributed by atoms with van der Waals surface area (Å²) in [5, 5.41) is 3.25. The molecule has 5 heteroatoms. The second-order valence-corrected chi connectivity index (χ2v) is 9.08. The minimum Gasteiger partial charge on any atom is -0.355 e. The van der Waals surface area contributed by atoms with E-state index in [1.165, 1.54) is 0 Å². The topological polar surface area (TPSA) is 38.8 Å². The lowest BCUT2D eigenvalue weighted by Gasteiger charge is -2.46. The molecular formula is C20H40N4O. The number of piperidine rings is 1. The highest BCUT2D eigenvalue weighted by atomic mass is 16.2. The summed E-state index contributed by atoms with van der Waals surface area (Å²) in [7, 11) is 2.20. The summed E-state index contributed by atoms with van der Waals surface area (Å²) in [6, 6.07) is 1.14. The van der Waals surface area contributed by atoms with E-state index in [-0.39, 0.29) is 11.3 Å². The summed E-state index contributed by atoms with van der Waals surface area (Å²) < 4.78 is 0. The van der Waals surface area contributed by atoms with Gasteiger partial charge in [-0.3, -0.25) is 9.69 Å². The third kappa shape index (κ3) is 5.41. The standard InChI is InChI=1S/C20H40N4O/c1-16(2)13-21-19(25)20(7-9-24(10-8-20)17(3)4)15-23-12-11-22(6)18(5)14-23/h16-18H,7-15H2,1-6H3,(H,21,25). The third-order valence-electron chi connectivity index (χ3n) is 6.21. The first-order valence-electron chi connectivity index (χ1n) is 10.2. The van der Waals surface area contributed by atoms with E-state index in [2.05, 4.69) is 61.7 Å². The lowest BCUT2D eigenvalue weighted by molar-refractivity contribution is -0.136. The number of likely N-dealkylation sites (tertiary alicyclic amines) is 1. The Balaban J connectivity index is 2.06. The molecule has 1 atom stereocenters. The Morgan fingerprint density at radius 1 is 1.12 bits per heavy atom. The first-order chi connectivity index (χ1) is 11.7. The summed E-state index contributed by atoms with van der Waals surface area (Å²) in [4.78, 5) is 20.6. The zero-order chi connectivity index (χ0) is 18.6. The maximum absolute atomic E-state index is 13.2. The van der Waals surface area contributed by atoms with E-state index in [0.29, 0.717) is 18.0 Å². The van der Waals surface area contributed by atoms with E-state index < -0.39 is 0 Å². The fraction of sp³-hybridized carbons (Fsp3) is 0.950. The Labute approximate surface area is 155 Å². The van der Waals surface area contributed by atoms with E-state index in [0.717, 1.165) is 58.7 Å². The van der Waals surface area contributed by atoms with Crippen LogP contribution in [0.3, 0.4) is 0 Å². The number of piperazine rings is 1. The van der Waals surface area contributed by atoms with Gasteiger partial charge in [-0.15, -0.1) is 0 Å². The molecule has 1 amide bonds. The molecule has 5 nitrogen and oxygen atoms in total. The fourth-order valence-electron chi connectivity index (χ4n) is 4.11. The maximum atomic E-state index is 13.2. The second-order valence-electron chi connectivity index (χ2n) is 9.08. The molecule has 2 aliphatic rings. The van der Waals surface area contributed by atoms with E-state index in [1.54, 1.807) is 0 Å². The van der Waals surface area contributed by atoms with Crippen LogP contribution in [0.25, 0.3) is 0 Å². The van der Waals surface area contributed by atoms with Crippen molar-refractivity contribution in [3.05, 3.63) is 0 Å². The van der Waals surface area contributed by atoms with Crippen LogP contribution in [0.5, 0.6) is 0 Å². The van der Waals surface area contributed by atoms with Crippen molar-refractivity contribution in [2.45, 2.75) is 59.5 Å². The zero-order valence-corrected chi connectivity index (χ0v) is 17.3. The largest absolute Gasteiger partial charge is 0.355 e. The molecule has 25 heavy (non-hydrogen) atoms. The summed E-state index contributed by atoms with van der Waals surface area (Å²) in [6.45, 7) is 18.2. The molecule has 2 aliphatic heterocycles. The van der Waals surface area contributed by atoms with Crippen molar-refractivity contribution in [3.63, 3.8) is 0 Å². The van der Waals surface area contributed by atoms with E-state index >= 15 is 0 Å². The van der Waals surface area contributed by atoms with Gasteiger partial charge in [0.2, 0.25) is 5.91 Å². The van der Waals surface area contributed by atoms with Crippen LogP contribution < -0.4 is 5.32 Å². The quantitative estimate of drug-likeness (QED) is 0.792. The van der Waals surface area contributed by atoms with Gasteiger partial charge < -0.3 is 15.1 Å². The monoisotopic (exact) mass is 352 g/mol. The van der Waals surface area contributed by atoms with Crippen LogP contribution in [-0.2, 0) is 4.79 Å². The Bertz CT molecular complexity index is 429. The maximum Gasteiger partial charge on any atom is 0.227 e. The number of amides is 1. The average molecular weight is 353 g/mol. The summed E-state index contributed by atoms with van der Waals surface area (Å²) in [5.41, 5.74) is -0.212. The van der Waals surface area contributed by atoms with Gasteiger partial charge in [0, 0.05) is 44.8 Å². The molecule has 0 aromatic carbocycles. The Morgan fingerprint density at radius 2 is 1.76 bits per heavy atom. The summed E-state index contributed by atoms with van der Waals surface area (Å²) >= 11 is 0. The second kappa shape index (κ2) is 8.83. The molecule has 2 heterocycles. The van der Waals surface area contributed by atoms with Gasteiger partial charge in [0.1, 0.15) is 0 Å². The zero-order valence-electron chi connectivity index (χ0n) is 17.3. The van der Waals surface area contributed by atoms with Gasteiger partial charge in [-0.25, -0.2) is 0 Å². The minimum absolute atomic E-state index is 0.212. The lowest BCUT2D eigenvalue weighted by atomic mass is 9.76. The van der Waals surface area contributed by atoms with Crippen molar-refractivity contribution in [1.29, 1.82) is 0 Å². The summed E-state index contributed by atoms with van der Waals surface area (Å²) in [6.07, 6.45) is 1.96. The molecule has 2 fully saturated rings. The average Bonchev–Trinajstić information content (AvgIpc) is 2.56. The molecule has 0 radical (unpaired) electrons. The number of nitrogens with zero attached hydrogens (tertiary/aromatic N) is 3. The van der Waals surface area contributed by atoms with E-state index in [1.807, 2.05) is 0 Å². The SMILES string of the molecule is CC(C)CNC(=O)C1(CN2CCN(C)C(C)C2)CCN(C(C)C)CC1. The molecule has 0 spiro atoms. The van der Waals surface area contributed by atoms with Gasteiger partial charge in [-0.05, 0) is 59.7 Å². The number of likely N-dealkylation sites (N-methyl/N-ethyl adjacent to an activating group) is 1. The van der Waals surface area contributed by atoms with Crippen molar-refractivity contribution in [3.8, 4) is 0 Å². The van der Waals surface area contributed by atoms with Crippen LogP contribution in [0.2, 0.25) is 0 Å². The first kappa shape index (κ1) is 20.7. The van der Waals surface area contributed by atoms with Crippen molar-refractivity contribution in [2.24, 2.45) is 11.3 Å². The molecule has 0 saturated carbocycles. The Hall–Kier alpha value is -0.650. The van der Waals surface area contributed by atoms with Gasteiger partial charge >= 0.3 is 0 Å². The van der Waals surface area contributed by atoms with Gasteiger partial charge in [0.25, 0.3) is 0 Å². The molecule has 0 bridgehead atoms. The highest BCUT2D eigenvalue weighted by molar-refractivity contribution is 5.83. The highest BCUT2D eigenvalue weighted by Crippen LogP contribution is 2.34. The Morgan fingerprint density at radius 3 is 2.28 bits per heavy atom. The van der Waals surface area contributed by atoms with Crippen LogP contribution in [-0.4, -0.2) is 85.6 Å². The Kier molecular flexibility index (Phi) is 7.29. The van der Waals surface area contributed by atoms with Crippen LogP contribution in [0.15, 0.2) is 0 Å². The highest BCUT2D eigenvalue weighted by Gasteiger charge is 2.43. The summed E-state index contributed by atoms with van der Waals surface area (Å²) in [5.74, 6) is 0.789. The van der Waals surface area contributed by atoms with Crippen LogP contribution >= 0.6 is 0 Å². The van der Waals surface area contributed by atoms with Crippen molar-refractivity contribution >= 4 is 5.91 Å². The predicted octanol–water partition coefficient (Wildman–Crippen LogP) is 1.89. The molecular weight excluding hydrogens is 312 g/mol. The fourth-order valence-corrected chi connectivity index (χ4v) is 4.11. The minimum atomic E-state index is -0.212. The van der Waals surface area contributed by atoms with Gasteiger partial charge in [0.15, 0.2) is 0 Å².